The van der Waals surface area contributed by atoms with Crippen LogP contribution in [0.25, 0.3) is 11.2 Å². The Balaban J connectivity index is 1.39. The van der Waals surface area contributed by atoms with Gasteiger partial charge in [0.25, 0.3) is 0 Å². The third-order valence-electron chi connectivity index (χ3n) is 6.23. The number of nitrogens with one attached hydrogen (secondary N) is 3. The van der Waals surface area contributed by atoms with Crippen molar-refractivity contribution >= 4 is 28.7 Å². The second-order valence-electron chi connectivity index (χ2n) is 8.38. The predicted molar refractivity (Wildman–Crippen MR) is 117 cm³/mol. The lowest BCUT2D eigenvalue weighted by atomic mass is 9.81. The highest BCUT2D eigenvalue weighted by molar-refractivity contribution is 5.83. The van der Waals surface area contributed by atoms with Gasteiger partial charge in [-0.1, -0.05) is 6.42 Å². The maximum Gasteiger partial charge on any atom is 0.232 e. The fourth-order valence-electron chi connectivity index (χ4n) is 4.95. The van der Waals surface area contributed by atoms with Crippen molar-refractivity contribution in [2.75, 3.05) is 17.2 Å². The average molecular weight is 419 g/mol. The van der Waals surface area contributed by atoms with E-state index in [2.05, 4.69) is 46.8 Å². The number of hydrogen-bond acceptors (Lipinski definition) is 9. The van der Waals surface area contributed by atoms with Crippen LogP contribution in [0.4, 0.5) is 17.6 Å². The molecule has 2 aliphatic rings. The molecule has 10 heteroatoms. The minimum atomic E-state index is 0.300. The summed E-state index contributed by atoms with van der Waals surface area (Å²) in [6.07, 6.45) is 9.62. The lowest BCUT2D eigenvalue weighted by molar-refractivity contribution is 0.0370. The van der Waals surface area contributed by atoms with Crippen molar-refractivity contribution in [1.82, 2.24) is 35.0 Å². The number of rotatable bonds is 6. The molecule has 2 bridgehead atoms. The summed E-state index contributed by atoms with van der Waals surface area (Å²) in [5, 5.41) is 22.9. The first-order valence-electron chi connectivity index (χ1n) is 10.9. The first-order valence-corrected chi connectivity index (χ1v) is 10.9. The molecule has 1 unspecified atom stereocenters. The highest BCUT2D eigenvalue weighted by Crippen LogP contribution is 2.35. The minimum absolute atomic E-state index is 0.300. The normalized spacial score (nSPS) is 23.4. The van der Waals surface area contributed by atoms with Crippen LogP contribution >= 0.6 is 0 Å². The molecule has 0 aromatic carbocycles. The van der Waals surface area contributed by atoms with Crippen LogP contribution in [0.15, 0.2) is 18.5 Å². The molecule has 5 rings (SSSR count). The fourth-order valence-corrected chi connectivity index (χ4v) is 4.95. The van der Waals surface area contributed by atoms with E-state index in [9.17, 15) is 0 Å². The summed E-state index contributed by atoms with van der Waals surface area (Å²) in [5.74, 6) is 1.79. The van der Waals surface area contributed by atoms with E-state index in [1.54, 1.807) is 12.4 Å². The molecular formula is C21H26N10. The number of aromatic nitrogens is 6. The van der Waals surface area contributed by atoms with E-state index < -0.39 is 0 Å². The van der Waals surface area contributed by atoms with E-state index in [0.717, 1.165) is 25.1 Å². The number of nitriles is 1. The molecule has 160 valence electrons. The fraction of sp³-hybridized carbons (Fsp3) is 0.524. The molecule has 2 saturated heterocycles. The van der Waals surface area contributed by atoms with Gasteiger partial charge in [-0.15, -0.1) is 0 Å². The van der Waals surface area contributed by atoms with Crippen molar-refractivity contribution in [3.05, 3.63) is 24.2 Å². The van der Waals surface area contributed by atoms with Crippen LogP contribution < -0.4 is 10.6 Å². The summed E-state index contributed by atoms with van der Waals surface area (Å²) in [7, 11) is 0. The van der Waals surface area contributed by atoms with Gasteiger partial charge in [0.15, 0.2) is 22.8 Å². The zero-order chi connectivity index (χ0) is 21.2. The van der Waals surface area contributed by atoms with Crippen molar-refractivity contribution in [3.63, 3.8) is 0 Å². The van der Waals surface area contributed by atoms with Crippen LogP contribution in [-0.4, -0.2) is 59.7 Å². The Labute approximate surface area is 180 Å². The van der Waals surface area contributed by atoms with Crippen LogP contribution in [0.5, 0.6) is 0 Å². The summed E-state index contributed by atoms with van der Waals surface area (Å²) >= 11 is 0. The van der Waals surface area contributed by atoms with E-state index in [-0.39, 0.29) is 0 Å². The maximum absolute atomic E-state index is 9.01. The molecule has 3 aromatic heterocycles. The molecule has 2 fully saturated rings. The lowest BCUT2D eigenvalue weighted by Crippen LogP contribution is -2.55. The topological polar surface area (TPSA) is 131 Å². The van der Waals surface area contributed by atoms with Gasteiger partial charge >= 0.3 is 0 Å². The van der Waals surface area contributed by atoms with E-state index >= 15 is 0 Å². The number of hydrogen-bond donors (Lipinski definition) is 3. The van der Waals surface area contributed by atoms with Crippen LogP contribution in [0.1, 0.15) is 44.2 Å². The van der Waals surface area contributed by atoms with Gasteiger partial charge in [0.1, 0.15) is 0 Å². The molecule has 0 spiro atoms. The van der Waals surface area contributed by atoms with Gasteiger partial charge in [-0.2, -0.15) is 20.3 Å². The molecule has 0 aliphatic carbocycles. The third-order valence-corrected chi connectivity index (χ3v) is 6.23. The Bertz CT molecular complexity index is 1090. The molecule has 2 aliphatic heterocycles. The number of anilines is 3. The number of H-pyrrole nitrogens is 1. The van der Waals surface area contributed by atoms with Gasteiger partial charge in [-0.05, 0) is 32.6 Å². The minimum Gasteiger partial charge on any atom is -0.365 e. The molecule has 3 atom stereocenters. The van der Waals surface area contributed by atoms with Crippen molar-refractivity contribution in [1.29, 1.82) is 5.26 Å². The van der Waals surface area contributed by atoms with Crippen molar-refractivity contribution < 1.29 is 0 Å². The highest BCUT2D eigenvalue weighted by atomic mass is 15.3. The SMILES string of the molecule is Cc1cc(Nc2nc(NC3C[C@H]4CCC[C@@H](C3)N4CCC#N)c3nccnc3n2)n[nH]1. The average Bonchev–Trinajstić information content (AvgIpc) is 3.16. The molecule has 0 radical (unpaired) electrons. The van der Waals surface area contributed by atoms with Crippen molar-refractivity contribution in [2.45, 2.75) is 63.6 Å². The molecule has 3 N–H and O–H groups in total. The lowest BCUT2D eigenvalue weighted by Gasteiger charge is -2.49. The molecule has 31 heavy (non-hydrogen) atoms. The monoisotopic (exact) mass is 418 g/mol. The third kappa shape index (κ3) is 4.14. The van der Waals surface area contributed by atoms with Gasteiger partial charge in [0.05, 0.1) is 6.07 Å². The largest absolute Gasteiger partial charge is 0.365 e. The van der Waals surface area contributed by atoms with Crippen LogP contribution in [0.2, 0.25) is 0 Å². The first-order chi connectivity index (χ1) is 15.2. The van der Waals surface area contributed by atoms with Gasteiger partial charge < -0.3 is 10.6 Å². The van der Waals surface area contributed by atoms with Crippen LogP contribution in [0, 0.1) is 18.3 Å². The number of piperidine rings is 2. The van der Waals surface area contributed by atoms with Crippen molar-refractivity contribution in [3.8, 4) is 6.07 Å². The number of aryl methyl sites for hydroxylation is 1. The Kier molecular flexibility index (Phi) is 5.34. The van der Waals surface area contributed by atoms with E-state index in [1.807, 2.05) is 13.0 Å². The summed E-state index contributed by atoms with van der Waals surface area (Å²) in [5.41, 5.74) is 2.17. The predicted octanol–water partition coefficient (Wildman–Crippen LogP) is 2.91. The van der Waals surface area contributed by atoms with E-state index in [4.69, 9.17) is 10.2 Å². The van der Waals surface area contributed by atoms with Crippen LogP contribution in [-0.2, 0) is 0 Å². The summed E-state index contributed by atoms with van der Waals surface area (Å²) in [4.78, 5) is 20.6. The molecule has 0 saturated carbocycles. The quantitative estimate of drug-likeness (QED) is 0.553. The Morgan fingerprint density at radius 1 is 1.19 bits per heavy atom. The molecule has 0 amide bonds. The van der Waals surface area contributed by atoms with E-state index in [1.165, 1.54) is 19.3 Å². The van der Waals surface area contributed by atoms with Crippen molar-refractivity contribution in [2.24, 2.45) is 0 Å². The Hall–Kier alpha value is -3.32. The molecule has 10 nitrogen and oxygen atoms in total. The summed E-state index contributed by atoms with van der Waals surface area (Å²) in [6.45, 7) is 2.81. The standard InChI is InChI=1S/C21H26N10/c1-13-10-17(30-29-13)26-21-27-19-18(23-7-8-24-19)20(28-21)25-14-11-15-4-2-5-16(12-14)31(15)9-3-6-22/h7-8,10,14-16H,2-5,9,11-12H2,1H3,(H3,24,25,26,27,28,29,30)/t14?,15-,16+. The zero-order valence-corrected chi connectivity index (χ0v) is 17.5. The van der Waals surface area contributed by atoms with Crippen LogP contribution in [0.3, 0.4) is 0 Å². The second kappa shape index (κ2) is 8.43. The van der Waals surface area contributed by atoms with Gasteiger partial charge in [-0.3, -0.25) is 10.00 Å². The van der Waals surface area contributed by atoms with Gasteiger partial charge in [0, 0.05) is 55.2 Å². The maximum atomic E-state index is 9.01. The number of nitrogens with zero attached hydrogens (tertiary/aromatic N) is 7. The van der Waals surface area contributed by atoms with Gasteiger partial charge in [-0.25, -0.2) is 9.97 Å². The number of aromatic amines is 1. The van der Waals surface area contributed by atoms with Gasteiger partial charge in [0.2, 0.25) is 5.95 Å². The molecule has 3 aromatic rings. The first kappa shape index (κ1) is 19.6. The second-order valence-corrected chi connectivity index (χ2v) is 8.38. The molecular weight excluding hydrogens is 392 g/mol. The Morgan fingerprint density at radius 2 is 2.00 bits per heavy atom. The zero-order valence-electron chi connectivity index (χ0n) is 17.5. The highest BCUT2D eigenvalue weighted by Gasteiger charge is 2.38. The van der Waals surface area contributed by atoms with E-state index in [0.29, 0.717) is 53.3 Å². The smallest absolute Gasteiger partial charge is 0.232 e. The summed E-state index contributed by atoms with van der Waals surface area (Å²) < 4.78 is 0. The Morgan fingerprint density at radius 3 is 2.74 bits per heavy atom. The number of fused-ring (bicyclic) bond motifs is 3. The molecule has 5 heterocycles. The summed E-state index contributed by atoms with van der Waals surface area (Å²) in [6, 6.07) is 5.53.